The fourth-order valence-electron chi connectivity index (χ4n) is 2.13. The number of fused-ring (bicyclic) bond motifs is 1. The zero-order chi connectivity index (χ0) is 11.5. The third kappa shape index (κ3) is 2.65. The number of hydrogen-bond donors (Lipinski definition) is 1. The van der Waals surface area contributed by atoms with E-state index in [9.17, 15) is 4.79 Å². The maximum atomic E-state index is 11.7. The SMILES string of the molecule is CC(C)COC(=O)N1CC2COCNC2C1. The predicted molar refractivity (Wildman–Crippen MR) is 59.0 cm³/mol. The van der Waals surface area contributed by atoms with Gasteiger partial charge in [0.2, 0.25) is 0 Å². The van der Waals surface area contributed by atoms with Crippen LogP contribution in [-0.4, -0.2) is 50.1 Å². The lowest BCUT2D eigenvalue weighted by Gasteiger charge is -2.24. The van der Waals surface area contributed by atoms with Crippen LogP contribution in [0.1, 0.15) is 13.8 Å². The number of likely N-dealkylation sites (tertiary alicyclic amines) is 1. The monoisotopic (exact) mass is 228 g/mol. The minimum atomic E-state index is -0.190. The van der Waals surface area contributed by atoms with Gasteiger partial charge in [-0.1, -0.05) is 13.8 Å². The van der Waals surface area contributed by atoms with Gasteiger partial charge in [-0.3, -0.25) is 5.32 Å². The fraction of sp³-hybridized carbons (Fsp3) is 0.909. The molecule has 0 radical (unpaired) electrons. The third-order valence-electron chi connectivity index (χ3n) is 3.02. The topological polar surface area (TPSA) is 50.8 Å². The molecule has 2 aliphatic heterocycles. The van der Waals surface area contributed by atoms with Crippen molar-refractivity contribution in [2.45, 2.75) is 19.9 Å². The summed E-state index contributed by atoms with van der Waals surface area (Å²) in [7, 11) is 0. The van der Waals surface area contributed by atoms with Crippen LogP contribution in [0.2, 0.25) is 0 Å². The van der Waals surface area contributed by atoms with Gasteiger partial charge in [0, 0.05) is 25.0 Å². The van der Waals surface area contributed by atoms with Crippen molar-refractivity contribution in [1.82, 2.24) is 10.2 Å². The fourth-order valence-corrected chi connectivity index (χ4v) is 2.13. The van der Waals surface area contributed by atoms with Gasteiger partial charge < -0.3 is 14.4 Å². The summed E-state index contributed by atoms with van der Waals surface area (Å²) in [5, 5.41) is 3.26. The summed E-state index contributed by atoms with van der Waals surface area (Å²) in [4.78, 5) is 13.5. The molecule has 2 aliphatic rings. The Morgan fingerprint density at radius 3 is 3.06 bits per heavy atom. The number of hydrogen-bond acceptors (Lipinski definition) is 4. The van der Waals surface area contributed by atoms with Crippen molar-refractivity contribution in [2.24, 2.45) is 11.8 Å². The Hall–Kier alpha value is -0.810. The molecule has 0 spiro atoms. The van der Waals surface area contributed by atoms with Crippen molar-refractivity contribution in [3.8, 4) is 0 Å². The molecule has 2 saturated heterocycles. The van der Waals surface area contributed by atoms with E-state index in [1.54, 1.807) is 4.90 Å². The second-order valence-electron chi connectivity index (χ2n) is 4.96. The highest BCUT2D eigenvalue weighted by molar-refractivity contribution is 5.68. The summed E-state index contributed by atoms with van der Waals surface area (Å²) in [6.07, 6.45) is -0.190. The van der Waals surface area contributed by atoms with Gasteiger partial charge in [-0.05, 0) is 5.92 Å². The van der Waals surface area contributed by atoms with Crippen molar-refractivity contribution in [3.05, 3.63) is 0 Å². The molecule has 2 atom stereocenters. The summed E-state index contributed by atoms with van der Waals surface area (Å²) < 4.78 is 10.5. The highest BCUT2D eigenvalue weighted by atomic mass is 16.6. The number of rotatable bonds is 2. The Kier molecular flexibility index (Phi) is 3.66. The van der Waals surface area contributed by atoms with Gasteiger partial charge in [-0.15, -0.1) is 0 Å². The standard InChI is InChI=1S/C11H20N2O3/c1-8(2)5-16-11(14)13-3-9-6-15-7-12-10(9)4-13/h8-10,12H,3-7H2,1-2H3. The largest absolute Gasteiger partial charge is 0.449 e. The van der Waals surface area contributed by atoms with Crippen LogP contribution in [0.25, 0.3) is 0 Å². The smallest absolute Gasteiger partial charge is 0.409 e. The highest BCUT2D eigenvalue weighted by Gasteiger charge is 2.37. The van der Waals surface area contributed by atoms with Crippen LogP contribution < -0.4 is 5.32 Å². The maximum absolute atomic E-state index is 11.7. The van der Waals surface area contributed by atoms with E-state index in [1.165, 1.54) is 0 Å². The molecular formula is C11H20N2O3. The van der Waals surface area contributed by atoms with Crippen LogP contribution in [0.15, 0.2) is 0 Å². The number of ether oxygens (including phenoxy) is 2. The van der Waals surface area contributed by atoms with Crippen molar-refractivity contribution < 1.29 is 14.3 Å². The second-order valence-corrected chi connectivity index (χ2v) is 4.96. The number of carbonyl (C=O) groups excluding carboxylic acids is 1. The van der Waals surface area contributed by atoms with E-state index >= 15 is 0 Å². The Labute approximate surface area is 96.1 Å². The van der Waals surface area contributed by atoms with E-state index in [-0.39, 0.29) is 6.09 Å². The highest BCUT2D eigenvalue weighted by Crippen LogP contribution is 2.20. The normalized spacial score (nSPS) is 29.3. The Bertz CT molecular complexity index is 244. The first-order valence-corrected chi connectivity index (χ1v) is 5.89. The van der Waals surface area contributed by atoms with Crippen molar-refractivity contribution >= 4 is 6.09 Å². The van der Waals surface area contributed by atoms with E-state index in [4.69, 9.17) is 9.47 Å². The summed E-state index contributed by atoms with van der Waals surface area (Å²) in [5.41, 5.74) is 0. The van der Waals surface area contributed by atoms with Gasteiger partial charge in [0.15, 0.2) is 0 Å². The van der Waals surface area contributed by atoms with Gasteiger partial charge in [-0.2, -0.15) is 0 Å². The maximum Gasteiger partial charge on any atom is 0.409 e. The predicted octanol–water partition coefficient (Wildman–Crippen LogP) is 0.657. The lowest BCUT2D eigenvalue weighted by molar-refractivity contribution is 0.0340. The molecule has 0 aromatic heterocycles. The summed E-state index contributed by atoms with van der Waals surface area (Å²) in [6, 6.07) is 0.375. The zero-order valence-electron chi connectivity index (χ0n) is 9.94. The number of amides is 1. The molecule has 1 amide bonds. The molecule has 2 rings (SSSR count). The van der Waals surface area contributed by atoms with Crippen LogP contribution in [0.4, 0.5) is 4.79 Å². The van der Waals surface area contributed by atoms with Crippen LogP contribution in [-0.2, 0) is 9.47 Å². The Morgan fingerprint density at radius 1 is 1.56 bits per heavy atom. The van der Waals surface area contributed by atoms with Gasteiger partial charge in [-0.25, -0.2) is 4.79 Å². The van der Waals surface area contributed by atoms with Crippen LogP contribution in [0.5, 0.6) is 0 Å². The molecule has 5 nitrogen and oxygen atoms in total. The van der Waals surface area contributed by atoms with E-state index in [2.05, 4.69) is 5.32 Å². The van der Waals surface area contributed by atoms with E-state index in [1.807, 2.05) is 13.8 Å². The summed E-state index contributed by atoms with van der Waals surface area (Å²) >= 11 is 0. The molecule has 2 heterocycles. The van der Waals surface area contributed by atoms with Gasteiger partial charge in [0.25, 0.3) is 0 Å². The number of carbonyl (C=O) groups is 1. The van der Waals surface area contributed by atoms with Crippen molar-refractivity contribution in [3.63, 3.8) is 0 Å². The molecule has 1 N–H and O–H groups in total. The third-order valence-corrected chi connectivity index (χ3v) is 3.02. The average Bonchev–Trinajstić information content (AvgIpc) is 2.69. The van der Waals surface area contributed by atoms with Gasteiger partial charge in [0.1, 0.15) is 0 Å². The zero-order valence-corrected chi connectivity index (χ0v) is 9.94. The molecule has 16 heavy (non-hydrogen) atoms. The Morgan fingerprint density at radius 2 is 2.38 bits per heavy atom. The lowest BCUT2D eigenvalue weighted by atomic mass is 10.0. The molecule has 0 saturated carbocycles. The summed E-state index contributed by atoms with van der Waals surface area (Å²) in [5.74, 6) is 0.802. The van der Waals surface area contributed by atoms with Gasteiger partial charge in [0.05, 0.1) is 19.9 Å². The Balaban J connectivity index is 1.80. The minimum Gasteiger partial charge on any atom is -0.449 e. The van der Waals surface area contributed by atoms with Crippen LogP contribution >= 0.6 is 0 Å². The van der Waals surface area contributed by atoms with Crippen LogP contribution in [0, 0.1) is 11.8 Å². The average molecular weight is 228 g/mol. The molecular weight excluding hydrogens is 208 g/mol. The quantitative estimate of drug-likeness (QED) is 0.754. The first kappa shape index (κ1) is 11.7. The minimum absolute atomic E-state index is 0.190. The first-order valence-electron chi connectivity index (χ1n) is 5.89. The van der Waals surface area contributed by atoms with Gasteiger partial charge >= 0.3 is 6.09 Å². The number of nitrogens with zero attached hydrogens (tertiary/aromatic N) is 1. The molecule has 2 fully saturated rings. The molecule has 0 aromatic carbocycles. The molecule has 0 bridgehead atoms. The van der Waals surface area contributed by atoms with Crippen LogP contribution in [0.3, 0.4) is 0 Å². The summed E-state index contributed by atoms with van der Waals surface area (Å²) in [6.45, 7) is 7.38. The van der Waals surface area contributed by atoms with E-state index in [0.717, 1.165) is 19.7 Å². The molecule has 92 valence electrons. The number of nitrogens with one attached hydrogen (secondary N) is 1. The molecule has 5 heteroatoms. The van der Waals surface area contributed by atoms with Crippen molar-refractivity contribution in [2.75, 3.05) is 33.0 Å². The molecule has 0 aromatic rings. The molecule has 2 unspecified atom stereocenters. The van der Waals surface area contributed by atoms with E-state index in [0.29, 0.717) is 31.2 Å². The molecule has 0 aliphatic carbocycles. The lowest BCUT2D eigenvalue weighted by Crippen LogP contribution is -2.44. The second kappa shape index (κ2) is 5.01. The van der Waals surface area contributed by atoms with Crippen molar-refractivity contribution in [1.29, 1.82) is 0 Å². The van der Waals surface area contributed by atoms with E-state index < -0.39 is 0 Å². The first-order chi connectivity index (χ1) is 7.66.